The van der Waals surface area contributed by atoms with Crippen LogP contribution in [0.3, 0.4) is 0 Å². The van der Waals surface area contributed by atoms with Crippen molar-refractivity contribution in [2.24, 2.45) is 0 Å². The summed E-state index contributed by atoms with van der Waals surface area (Å²) in [5.41, 5.74) is 4.58. The number of esters is 1. The number of anilines is 1. The van der Waals surface area contributed by atoms with Crippen LogP contribution in [0.5, 0.6) is 0 Å². The van der Waals surface area contributed by atoms with Gasteiger partial charge in [-0.1, -0.05) is 55.3 Å². The summed E-state index contributed by atoms with van der Waals surface area (Å²) in [5.74, 6) is 0.853. The molecule has 0 spiro atoms. The van der Waals surface area contributed by atoms with Crippen LogP contribution in [0, 0.1) is 0 Å². The highest BCUT2D eigenvalue weighted by atomic mass is 35.5. The molecule has 182 valence electrons. The molecule has 6 heteroatoms. The number of nitrogens with one attached hydrogen (secondary N) is 1. The molecule has 0 bridgehead atoms. The van der Waals surface area contributed by atoms with Crippen molar-refractivity contribution in [3.05, 3.63) is 76.1 Å². The molecule has 1 aliphatic carbocycles. The van der Waals surface area contributed by atoms with Crippen molar-refractivity contribution in [3.63, 3.8) is 0 Å². The largest absolute Gasteiger partial charge is 0.480 e. The summed E-state index contributed by atoms with van der Waals surface area (Å²) in [4.78, 5) is 14.9. The Morgan fingerprint density at radius 2 is 2.00 bits per heavy atom. The minimum atomic E-state index is -0.206. The summed E-state index contributed by atoms with van der Waals surface area (Å²) in [5, 5.41) is 4.23. The summed E-state index contributed by atoms with van der Waals surface area (Å²) in [7, 11) is 0. The van der Waals surface area contributed by atoms with Gasteiger partial charge < -0.3 is 14.8 Å². The van der Waals surface area contributed by atoms with Crippen molar-refractivity contribution in [2.45, 2.75) is 64.3 Å². The number of halogens is 1. The number of carbonyl (C=O) groups is 1. The Hall–Kier alpha value is -2.50. The number of likely N-dealkylation sites (tertiary alicyclic amines) is 1. The number of hydrogen-bond acceptors (Lipinski definition) is 5. The molecule has 1 heterocycles. The van der Waals surface area contributed by atoms with Crippen molar-refractivity contribution in [2.75, 3.05) is 25.2 Å². The molecular weight excluding hydrogens is 448 g/mol. The lowest BCUT2D eigenvalue weighted by atomic mass is 10.0. The zero-order valence-corrected chi connectivity index (χ0v) is 20.8. The zero-order valence-electron chi connectivity index (χ0n) is 20.0. The molecule has 0 radical (unpaired) electrons. The zero-order chi connectivity index (χ0) is 23.8. The number of benzene rings is 2. The summed E-state index contributed by atoms with van der Waals surface area (Å²) < 4.78 is 11.7. The van der Waals surface area contributed by atoms with Crippen LogP contribution in [0.25, 0.3) is 0 Å². The second-order valence-corrected chi connectivity index (χ2v) is 9.48. The average molecular weight is 483 g/mol. The Kier molecular flexibility index (Phi) is 8.89. The molecule has 0 aromatic heterocycles. The lowest BCUT2D eigenvalue weighted by Gasteiger charge is -2.33. The monoisotopic (exact) mass is 482 g/mol. The van der Waals surface area contributed by atoms with E-state index < -0.39 is 0 Å². The third kappa shape index (κ3) is 7.00. The first kappa shape index (κ1) is 24.6. The first-order valence-corrected chi connectivity index (χ1v) is 12.9. The van der Waals surface area contributed by atoms with Gasteiger partial charge in [-0.3, -0.25) is 9.69 Å². The van der Waals surface area contributed by atoms with Gasteiger partial charge in [0.1, 0.15) is 18.5 Å². The Morgan fingerprint density at radius 3 is 2.82 bits per heavy atom. The number of nitrogens with zero attached hydrogens (tertiary/aromatic N) is 1. The number of hydrogen-bond donors (Lipinski definition) is 1. The Labute approximate surface area is 208 Å². The summed E-state index contributed by atoms with van der Waals surface area (Å²) >= 11 is 6.22. The fourth-order valence-corrected chi connectivity index (χ4v) is 4.64. The van der Waals surface area contributed by atoms with Gasteiger partial charge in [0.25, 0.3) is 0 Å². The molecule has 1 fully saturated rings. The molecule has 1 aliphatic heterocycles. The quantitative estimate of drug-likeness (QED) is 0.283. The predicted octanol–water partition coefficient (Wildman–Crippen LogP) is 6.32. The van der Waals surface area contributed by atoms with Crippen molar-refractivity contribution in [1.29, 1.82) is 0 Å². The van der Waals surface area contributed by atoms with Gasteiger partial charge >= 0.3 is 5.97 Å². The second kappa shape index (κ2) is 12.3. The number of piperidine rings is 1. The SMILES string of the molecule is CCc1cc(NC2=C(OCN3CCCC[C@H]3C(=O)OCCCCc3ccccc3)C2)ccc1Cl. The smallest absolute Gasteiger partial charge is 0.323 e. The van der Waals surface area contributed by atoms with E-state index >= 15 is 0 Å². The standard InChI is InChI=1S/C28H35ClN2O3/c1-2-22-18-23(14-15-24(22)29)30-25-19-27(25)34-20-31-16-8-6-13-26(31)28(32)33-17-9-7-12-21-10-4-3-5-11-21/h3-5,10-11,14-15,18,26,30H,2,6-9,12-13,16-17,19-20H2,1H3/t26-/m0/s1. The number of ether oxygens (including phenoxy) is 2. The Morgan fingerprint density at radius 1 is 1.15 bits per heavy atom. The van der Waals surface area contributed by atoms with E-state index in [0.29, 0.717) is 13.3 Å². The van der Waals surface area contributed by atoms with Gasteiger partial charge in [0.15, 0.2) is 0 Å². The molecule has 4 rings (SSSR count). The van der Waals surface area contributed by atoms with E-state index in [9.17, 15) is 4.79 Å². The third-order valence-corrected chi connectivity index (χ3v) is 6.88. The minimum Gasteiger partial charge on any atom is -0.480 e. The molecule has 34 heavy (non-hydrogen) atoms. The highest BCUT2D eigenvalue weighted by molar-refractivity contribution is 6.31. The van der Waals surface area contributed by atoms with E-state index in [1.165, 1.54) is 5.56 Å². The van der Waals surface area contributed by atoms with Gasteiger partial charge in [0.05, 0.1) is 18.7 Å². The van der Waals surface area contributed by atoms with Crippen LogP contribution in [0.2, 0.25) is 5.02 Å². The molecule has 2 aliphatic rings. The van der Waals surface area contributed by atoms with E-state index in [0.717, 1.165) is 85.6 Å². The van der Waals surface area contributed by atoms with Crippen LogP contribution >= 0.6 is 11.6 Å². The topological polar surface area (TPSA) is 50.8 Å². The number of unbranched alkanes of at least 4 members (excludes halogenated alkanes) is 1. The summed E-state index contributed by atoms with van der Waals surface area (Å²) in [6, 6.07) is 16.2. The first-order valence-electron chi connectivity index (χ1n) is 12.5. The van der Waals surface area contributed by atoms with Gasteiger partial charge in [-0.15, -0.1) is 0 Å². The van der Waals surface area contributed by atoms with Gasteiger partial charge in [0.2, 0.25) is 0 Å². The molecular formula is C28H35ClN2O3. The van der Waals surface area contributed by atoms with Crippen LogP contribution in [-0.4, -0.2) is 36.8 Å². The normalized spacial score (nSPS) is 18.0. The first-order chi connectivity index (χ1) is 16.6. The van der Waals surface area contributed by atoms with E-state index in [-0.39, 0.29) is 12.0 Å². The average Bonchev–Trinajstić information content (AvgIpc) is 3.62. The Balaban J connectivity index is 1.19. The van der Waals surface area contributed by atoms with Crippen molar-refractivity contribution in [3.8, 4) is 0 Å². The Bertz CT molecular complexity index is 992. The van der Waals surface area contributed by atoms with Gasteiger partial charge in [0, 0.05) is 17.3 Å². The number of aryl methyl sites for hydroxylation is 2. The van der Waals surface area contributed by atoms with Crippen LogP contribution in [0.15, 0.2) is 60.0 Å². The maximum atomic E-state index is 12.7. The van der Waals surface area contributed by atoms with Crippen molar-refractivity contribution < 1.29 is 14.3 Å². The van der Waals surface area contributed by atoms with Gasteiger partial charge in [-0.25, -0.2) is 0 Å². The molecule has 0 amide bonds. The fourth-order valence-electron chi connectivity index (χ4n) is 4.38. The van der Waals surface area contributed by atoms with Crippen molar-refractivity contribution >= 4 is 23.3 Å². The molecule has 5 nitrogen and oxygen atoms in total. The highest BCUT2D eigenvalue weighted by Crippen LogP contribution is 2.34. The molecule has 2 aromatic rings. The third-order valence-electron chi connectivity index (χ3n) is 6.51. The fraction of sp³-hybridized carbons (Fsp3) is 0.464. The van der Waals surface area contributed by atoms with E-state index in [4.69, 9.17) is 21.1 Å². The number of rotatable bonds is 12. The minimum absolute atomic E-state index is 0.112. The van der Waals surface area contributed by atoms with E-state index in [1.807, 2.05) is 18.2 Å². The van der Waals surface area contributed by atoms with Crippen LogP contribution in [0.1, 0.15) is 56.6 Å². The molecule has 2 aromatic carbocycles. The summed E-state index contributed by atoms with van der Waals surface area (Å²) in [6.07, 6.45) is 7.60. The number of carbonyl (C=O) groups excluding carboxylic acids is 1. The number of allylic oxidation sites excluding steroid dienone is 2. The molecule has 1 atom stereocenters. The van der Waals surface area contributed by atoms with Gasteiger partial charge in [-0.05, 0) is 67.9 Å². The lowest BCUT2D eigenvalue weighted by Crippen LogP contribution is -2.46. The van der Waals surface area contributed by atoms with Crippen LogP contribution in [-0.2, 0) is 27.1 Å². The van der Waals surface area contributed by atoms with Crippen LogP contribution in [0.4, 0.5) is 5.69 Å². The van der Waals surface area contributed by atoms with E-state index in [2.05, 4.69) is 47.5 Å². The van der Waals surface area contributed by atoms with Crippen LogP contribution < -0.4 is 5.32 Å². The maximum Gasteiger partial charge on any atom is 0.323 e. The predicted molar refractivity (Wildman–Crippen MR) is 137 cm³/mol. The highest BCUT2D eigenvalue weighted by Gasteiger charge is 2.32. The van der Waals surface area contributed by atoms with E-state index in [1.54, 1.807) is 0 Å². The second-order valence-electron chi connectivity index (χ2n) is 9.07. The van der Waals surface area contributed by atoms with Gasteiger partial charge in [-0.2, -0.15) is 0 Å². The molecule has 0 unspecified atom stereocenters. The summed E-state index contributed by atoms with van der Waals surface area (Å²) in [6.45, 7) is 3.87. The molecule has 1 saturated heterocycles. The molecule has 1 N–H and O–H groups in total. The lowest BCUT2D eigenvalue weighted by molar-refractivity contribution is -0.153. The molecule has 0 saturated carbocycles. The maximum absolute atomic E-state index is 12.7. The van der Waals surface area contributed by atoms with Crippen molar-refractivity contribution in [1.82, 2.24) is 4.90 Å².